The largest absolute Gasteiger partial charge is 0.367 e. The van der Waals surface area contributed by atoms with Gasteiger partial charge in [-0.15, -0.1) is 0 Å². The van der Waals surface area contributed by atoms with Crippen LogP contribution in [-0.4, -0.2) is 28.0 Å². The molecule has 4 rings (SSSR count). The third-order valence-electron chi connectivity index (χ3n) is 6.24. The number of carbonyl (C=O) groups excluding carboxylic acids is 1. The van der Waals surface area contributed by atoms with Crippen molar-refractivity contribution < 1.29 is 4.79 Å². The van der Waals surface area contributed by atoms with E-state index in [2.05, 4.69) is 56.5 Å². The number of hydrogen-bond acceptors (Lipinski definition) is 4. The van der Waals surface area contributed by atoms with Gasteiger partial charge in [0.1, 0.15) is 11.6 Å². The zero-order valence-corrected chi connectivity index (χ0v) is 19.8. The molecule has 1 heterocycles. The Bertz CT molecular complexity index is 1110. The number of nitrogens with one attached hydrogen (secondary N) is 2. The summed E-state index contributed by atoms with van der Waals surface area (Å²) in [6.45, 7) is 10.6. The fourth-order valence-corrected chi connectivity index (χ4v) is 4.24. The van der Waals surface area contributed by atoms with E-state index in [1.165, 1.54) is 5.56 Å². The van der Waals surface area contributed by atoms with E-state index in [4.69, 9.17) is 9.97 Å². The molecule has 5 heteroatoms. The summed E-state index contributed by atoms with van der Waals surface area (Å²) < 4.78 is 0. The van der Waals surface area contributed by atoms with Crippen molar-refractivity contribution in [3.8, 4) is 0 Å². The summed E-state index contributed by atoms with van der Waals surface area (Å²) in [5, 5.41) is 8.00. The van der Waals surface area contributed by atoms with Crippen LogP contribution < -0.4 is 10.6 Å². The van der Waals surface area contributed by atoms with Gasteiger partial charge in [0.25, 0.3) is 5.91 Å². The van der Waals surface area contributed by atoms with E-state index < -0.39 is 0 Å². The van der Waals surface area contributed by atoms with Crippen LogP contribution in [0.1, 0.15) is 73.8 Å². The van der Waals surface area contributed by atoms with E-state index >= 15 is 0 Å². The number of hydrogen-bond donors (Lipinski definition) is 2. The first kappa shape index (κ1) is 22.3. The van der Waals surface area contributed by atoms with Crippen LogP contribution in [0.2, 0.25) is 0 Å². The molecule has 1 aliphatic rings. The van der Waals surface area contributed by atoms with Crippen molar-refractivity contribution in [3.63, 3.8) is 0 Å². The van der Waals surface area contributed by atoms with Crippen LogP contribution in [0.5, 0.6) is 0 Å². The highest BCUT2D eigenvalue weighted by Crippen LogP contribution is 2.29. The third kappa shape index (κ3) is 5.09. The molecule has 0 aliphatic heterocycles. The summed E-state index contributed by atoms with van der Waals surface area (Å²) in [5.74, 6) is 1.81. The quantitative estimate of drug-likeness (QED) is 0.557. The molecule has 2 aromatic carbocycles. The van der Waals surface area contributed by atoms with Crippen LogP contribution in [0, 0.1) is 13.8 Å². The van der Waals surface area contributed by atoms with Crippen molar-refractivity contribution in [3.05, 3.63) is 65.0 Å². The maximum Gasteiger partial charge on any atom is 0.251 e. The van der Waals surface area contributed by atoms with Crippen molar-refractivity contribution in [1.29, 1.82) is 0 Å². The predicted octanol–water partition coefficient (Wildman–Crippen LogP) is 5.70. The molecule has 2 N–H and O–H groups in total. The minimum Gasteiger partial charge on any atom is -0.367 e. The molecular formula is C27H34N4O. The molecule has 1 aliphatic carbocycles. The normalized spacial score (nSPS) is 19.0. The van der Waals surface area contributed by atoms with E-state index in [0.29, 0.717) is 6.04 Å². The lowest BCUT2D eigenvalue weighted by atomic mass is 9.90. The van der Waals surface area contributed by atoms with Gasteiger partial charge in [0.15, 0.2) is 0 Å². The zero-order valence-electron chi connectivity index (χ0n) is 19.8. The Morgan fingerprint density at radius 3 is 2.16 bits per heavy atom. The van der Waals surface area contributed by atoms with Gasteiger partial charge in [0, 0.05) is 28.4 Å². The Morgan fingerprint density at radius 2 is 1.50 bits per heavy atom. The van der Waals surface area contributed by atoms with Gasteiger partial charge in [0.05, 0.1) is 5.52 Å². The lowest BCUT2D eigenvalue weighted by molar-refractivity contribution is 0.0926. The molecule has 32 heavy (non-hydrogen) atoms. The Kier molecular flexibility index (Phi) is 6.18. The van der Waals surface area contributed by atoms with Crippen molar-refractivity contribution in [1.82, 2.24) is 15.3 Å². The molecule has 3 aromatic rings. The molecule has 0 atom stereocenters. The smallest absolute Gasteiger partial charge is 0.251 e. The minimum atomic E-state index is -0.118. The summed E-state index contributed by atoms with van der Waals surface area (Å²) in [7, 11) is 0. The molecular weight excluding hydrogens is 396 g/mol. The van der Waals surface area contributed by atoms with Gasteiger partial charge in [-0.2, -0.15) is 0 Å². The number of amides is 1. The SMILES string of the molecule is Cc1ccc(C(=O)NC2CCC(Nc3nc(C(C)(C)C)nc4ccc(C)cc34)CC2)cc1. The second-order valence-corrected chi connectivity index (χ2v) is 10.2. The average molecular weight is 431 g/mol. The Hall–Kier alpha value is -2.95. The number of aryl methyl sites for hydroxylation is 2. The number of carbonyl (C=O) groups is 1. The first-order chi connectivity index (χ1) is 15.2. The Labute approximate surface area is 191 Å². The van der Waals surface area contributed by atoms with Gasteiger partial charge >= 0.3 is 0 Å². The van der Waals surface area contributed by atoms with E-state index in [1.807, 2.05) is 31.2 Å². The number of rotatable bonds is 4. The second kappa shape index (κ2) is 8.89. The van der Waals surface area contributed by atoms with E-state index in [0.717, 1.165) is 59.4 Å². The van der Waals surface area contributed by atoms with Crippen LogP contribution >= 0.6 is 0 Å². The first-order valence-corrected chi connectivity index (χ1v) is 11.6. The molecule has 1 amide bonds. The highest BCUT2D eigenvalue weighted by atomic mass is 16.1. The van der Waals surface area contributed by atoms with Crippen LogP contribution in [-0.2, 0) is 5.41 Å². The first-order valence-electron chi connectivity index (χ1n) is 11.6. The fourth-order valence-electron chi connectivity index (χ4n) is 4.24. The molecule has 0 bridgehead atoms. The summed E-state index contributed by atoms with van der Waals surface area (Å²) in [4.78, 5) is 22.3. The molecule has 0 spiro atoms. The van der Waals surface area contributed by atoms with Gasteiger partial charge in [-0.3, -0.25) is 4.79 Å². The van der Waals surface area contributed by atoms with Gasteiger partial charge < -0.3 is 10.6 Å². The molecule has 168 valence electrons. The summed E-state index contributed by atoms with van der Waals surface area (Å²) >= 11 is 0. The van der Waals surface area contributed by atoms with E-state index in [1.54, 1.807) is 0 Å². The Balaban J connectivity index is 1.44. The van der Waals surface area contributed by atoms with Crippen molar-refractivity contribution in [2.24, 2.45) is 0 Å². The van der Waals surface area contributed by atoms with Gasteiger partial charge in [-0.05, 0) is 63.8 Å². The molecule has 0 radical (unpaired) electrons. The summed E-state index contributed by atoms with van der Waals surface area (Å²) in [6.07, 6.45) is 3.93. The van der Waals surface area contributed by atoms with E-state index in [-0.39, 0.29) is 17.4 Å². The van der Waals surface area contributed by atoms with Gasteiger partial charge in [-0.1, -0.05) is 50.1 Å². The van der Waals surface area contributed by atoms with Crippen molar-refractivity contribution in [2.45, 2.75) is 77.8 Å². The summed E-state index contributed by atoms with van der Waals surface area (Å²) in [6, 6.07) is 14.7. The minimum absolute atomic E-state index is 0.0218. The van der Waals surface area contributed by atoms with Gasteiger partial charge in [0.2, 0.25) is 0 Å². The number of aromatic nitrogens is 2. The predicted molar refractivity (Wildman–Crippen MR) is 131 cm³/mol. The summed E-state index contributed by atoms with van der Waals surface area (Å²) in [5.41, 5.74) is 3.96. The number of nitrogens with zero attached hydrogens (tertiary/aromatic N) is 2. The monoisotopic (exact) mass is 430 g/mol. The molecule has 1 fully saturated rings. The lowest BCUT2D eigenvalue weighted by Gasteiger charge is -2.30. The second-order valence-electron chi connectivity index (χ2n) is 10.2. The van der Waals surface area contributed by atoms with Crippen LogP contribution in [0.3, 0.4) is 0 Å². The maximum absolute atomic E-state index is 12.6. The van der Waals surface area contributed by atoms with Gasteiger partial charge in [-0.25, -0.2) is 9.97 Å². The number of anilines is 1. The topological polar surface area (TPSA) is 66.9 Å². The molecule has 5 nitrogen and oxygen atoms in total. The zero-order chi connectivity index (χ0) is 22.9. The van der Waals surface area contributed by atoms with Crippen molar-refractivity contribution >= 4 is 22.6 Å². The van der Waals surface area contributed by atoms with E-state index in [9.17, 15) is 4.79 Å². The fraction of sp³-hybridized carbons (Fsp3) is 0.444. The maximum atomic E-state index is 12.6. The highest BCUT2D eigenvalue weighted by molar-refractivity contribution is 5.94. The molecule has 0 saturated heterocycles. The van der Waals surface area contributed by atoms with Crippen LogP contribution in [0.25, 0.3) is 10.9 Å². The molecule has 0 unspecified atom stereocenters. The molecule has 1 aromatic heterocycles. The van der Waals surface area contributed by atoms with Crippen LogP contribution in [0.4, 0.5) is 5.82 Å². The molecule has 1 saturated carbocycles. The number of benzene rings is 2. The average Bonchev–Trinajstić information content (AvgIpc) is 2.75. The Morgan fingerprint density at radius 1 is 0.875 bits per heavy atom. The lowest BCUT2D eigenvalue weighted by Crippen LogP contribution is -2.40. The number of fused-ring (bicyclic) bond motifs is 1. The van der Waals surface area contributed by atoms with Crippen molar-refractivity contribution in [2.75, 3.05) is 5.32 Å². The standard InChI is InChI=1S/C27H34N4O/c1-17-6-9-19(10-7-17)25(32)29-21-13-11-20(12-14-21)28-24-22-16-18(2)8-15-23(22)30-26(31-24)27(3,4)5/h6-10,15-16,20-21H,11-14H2,1-5H3,(H,29,32)(H,28,30,31). The highest BCUT2D eigenvalue weighted by Gasteiger charge is 2.25. The van der Waals surface area contributed by atoms with Crippen LogP contribution in [0.15, 0.2) is 42.5 Å². The third-order valence-corrected chi connectivity index (χ3v) is 6.24.